The van der Waals surface area contributed by atoms with Crippen LogP contribution in [0.5, 0.6) is 0 Å². The molecule has 3 nitrogen and oxygen atoms in total. The number of aromatic nitrogens is 1. The minimum atomic E-state index is -3.03. The lowest BCUT2D eigenvalue weighted by molar-refractivity contribution is 0.586. The van der Waals surface area contributed by atoms with E-state index in [1.54, 1.807) is 32.3 Å². The maximum absolute atomic E-state index is 11.6. The van der Waals surface area contributed by atoms with Gasteiger partial charge in [0, 0.05) is 16.9 Å². The molecular formula is C9H12BrNO2S. The van der Waals surface area contributed by atoms with Gasteiger partial charge in [0.1, 0.15) is 0 Å². The average Bonchev–Trinajstić information content (AvgIpc) is 2.02. The molecule has 0 spiro atoms. The number of nitrogens with zero attached hydrogens (tertiary/aromatic N) is 1. The van der Waals surface area contributed by atoms with Crippen LogP contribution in [-0.2, 0) is 15.6 Å². The smallest absolute Gasteiger partial charge is 0.156 e. The van der Waals surface area contributed by atoms with Crippen molar-refractivity contribution >= 4 is 25.8 Å². The fraction of sp³-hybridized carbons (Fsp3) is 0.444. The summed E-state index contributed by atoms with van der Waals surface area (Å²) in [5.41, 5.74) is 0.716. The molecular weight excluding hydrogens is 266 g/mol. The largest absolute Gasteiger partial charge is 0.263 e. The second kappa shape index (κ2) is 4.40. The molecule has 0 aliphatic heterocycles. The van der Waals surface area contributed by atoms with Crippen molar-refractivity contribution in [1.29, 1.82) is 0 Å². The van der Waals surface area contributed by atoms with Gasteiger partial charge in [-0.25, -0.2) is 8.42 Å². The van der Waals surface area contributed by atoms with Gasteiger partial charge in [-0.2, -0.15) is 0 Å². The van der Waals surface area contributed by atoms with E-state index in [1.165, 1.54) is 0 Å². The lowest BCUT2D eigenvalue weighted by Gasteiger charge is -2.07. The molecule has 0 bridgehead atoms. The molecule has 0 atom stereocenters. The van der Waals surface area contributed by atoms with Gasteiger partial charge >= 0.3 is 0 Å². The van der Waals surface area contributed by atoms with E-state index in [4.69, 9.17) is 0 Å². The Kier molecular flexibility index (Phi) is 3.66. The molecule has 1 aromatic rings. The van der Waals surface area contributed by atoms with Crippen LogP contribution < -0.4 is 0 Å². The summed E-state index contributed by atoms with van der Waals surface area (Å²) in [6.07, 6.45) is 3.20. The summed E-state index contributed by atoms with van der Waals surface area (Å²) < 4.78 is 23.9. The van der Waals surface area contributed by atoms with Gasteiger partial charge in [0.25, 0.3) is 0 Å². The third-order valence-electron chi connectivity index (χ3n) is 1.85. The van der Waals surface area contributed by atoms with Crippen molar-refractivity contribution in [2.45, 2.75) is 24.9 Å². The van der Waals surface area contributed by atoms with E-state index in [0.717, 1.165) is 4.47 Å². The molecule has 5 heteroatoms. The second-order valence-electron chi connectivity index (χ2n) is 3.37. The quantitative estimate of drug-likeness (QED) is 0.851. The maximum atomic E-state index is 11.6. The summed E-state index contributed by atoms with van der Waals surface area (Å²) in [5, 5.41) is -0.346. The zero-order chi connectivity index (χ0) is 10.8. The molecule has 0 aliphatic rings. The molecule has 0 aromatic carbocycles. The molecule has 14 heavy (non-hydrogen) atoms. The normalized spacial score (nSPS) is 12.0. The minimum absolute atomic E-state index is 0.0527. The highest BCUT2D eigenvalue weighted by atomic mass is 79.9. The molecule has 1 heterocycles. The Morgan fingerprint density at radius 1 is 1.43 bits per heavy atom. The summed E-state index contributed by atoms with van der Waals surface area (Å²) in [6.45, 7) is 3.36. The highest BCUT2D eigenvalue weighted by molar-refractivity contribution is 9.10. The Morgan fingerprint density at radius 2 is 2.07 bits per heavy atom. The third kappa shape index (κ3) is 3.06. The standard InChI is InChI=1S/C9H12BrNO2S/c1-7(2)14(12,13)6-8-3-9(10)5-11-4-8/h3-5,7H,6H2,1-2H3. The highest BCUT2D eigenvalue weighted by Crippen LogP contribution is 2.14. The third-order valence-corrected chi connectivity index (χ3v) is 4.45. The molecule has 1 aromatic heterocycles. The number of rotatable bonds is 3. The zero-order valence-electron chi connectivity index (χ0n) is 8.07. The lowest BCUT2D eigenvalue weighted by atomic mass is 10.3. The summed E-state index contributed by atoms with van der Waals surface area (Å²) >= 11 is 3.25. The van der Waals surface area contributed by atoms with Gasteiger partial charge in [-0.1, -0.05) is 0 Å². The van der Waals surface area contributed by atoms with Crippen LogP contribution in [0.2, 0.25) is 0 Å². The van der Waals surface area contributed by atoms with E-state index in [9.17, 15) is 8.42 Å². The maximum Gasteiger partial charge on any atom is 0.156 e. The molecule has 0 amide bonds. The molecule has 1 rings (SSSR count). The Labute approximate surface area is 92.6 Å². The molecule has 0 saturated heterocycles. The van der Waals surface area contributed by atoms with Gasteiger partial charge in [0.2, 0.25) is 0 Å². The van der Waals surface area contributed by atoms with E-state index in [2.05, 4.69) is 20.9 Å². The van der Waals surface area contributed by atoms with E-state index >= 15 is 0 Å². The predicted molar refractivity (Wildman–Crippen MR) is 59.7 cm³/mol. The zero-order valence-corrected chi connectivity index (χ0v) is 10.5. The monoisotopic (exact) mass is 277 g/mol. The Hall–Kier alpha value is -0.420. The van der Waals surface area contributed by atoms with Crippen LogP contribution in [-0.4, -0.2) is 18.7 Å². The fourth-order valence-corrected chi connectivity index (χ4v) is 2.30. The van der Waals surface area contributed by atoms with Gasteiger partial charge in [-0.15, -0.1) is 0 Å². The van der Waals surface area contributed by atoms with Gasteiger partial charge in [-0.05, 0) is 41.4 Å². The summed E-state index contributed by atoms with van der Waals surface area (Å²) in [7, 11) is -3.03. The molecule has 0 N–H and O–H groups in total. The van der Waals surface area contributed by atoms with Gasteiger partial charge < -0.3 is 0 Å². The van der Waals surface area contributed by atoms with Crippen molar-refractivity contribution in [2.75, 3.05) is 0 Å². The molecule has 78 valence electrons. The summed E-state index contributed by atoms with van der Waals surface area (Å²) in [4.78, 5) is 3.92. The Balaban J connectivity index is 2.90. The number of hydrogen-bond acceptors (Lipinski definition) is 3. The van der Waals surface area contributed by atoms with Crippen LogP contribution in [0.15, 0.2) is 22.9 Å². The Morgan fingerprint density at radius 3 is 2.57 bits per heavy atom. The molecule has 0 unspecified atom stereocenters. The average molecular weight is 278 g/mol. The van der Waals surface area contributed by atoms with Crippen LogP contribution >= 0.6 is 15.9 Å². The number of sulfone groups is 1. The van der Waals surface area contributed by atoms with Crippen molar-refractivity contribution in [3.05, 3.63) is 28.5 Å². The first-order valence-corrected chi connectivity index (χ1v) is 6.73. The minimum Gasteiger partial charge on any atom is -0.263 e. The van der Waals surface area contributed by atoms with Crippen LogP contribution in [0.3, 0.4) is 0 Å². The highest BCUT2D eigenvalue weighted by Gasteiger charge is 2.16. The van der Waals surface area contributed by atoms with Crippen LogP contribution in [0.4, 0.5) is 0 Å². The van der Waals surface area contributed by atoms with E-state index in [-0.39, 0.29) is 11.0 Å². The van der Waals surface area contributed by atoms with Crippen LogP contribution in [0, 0.1) is 0 Å². The second-order valence-corrected chi connectivity index (χ2v) is 6.84. The number of pyridine rings is 1. The van der Waals surface area contributed by atoms with Gasteiger partial charge in [0.15, 0.2) is 9.84 Å². The summed E-state index contributed by atoms with van der Waals surface area (Å²) in [5.74, 6) is 0.0527. The van der Waals surface area contributed by atoms with E-state index in [1.807, 2.05) is 0 Å². The SMILES string of the molecule is CC(C)S(=O)(=O)Cc1cncc(Br)c1. The number of hydrogen-bond donors (Lipinski definition) is 0. The van der Waals surface area contributed by atoms with Crippen molar-refractivity contribution in [3.8, 4) is 0 Å². The lowest BCUT2D eigenvalue weighted by Crippen LogP contribution is -2.16. The first kappa shape index (κ1) is 11.7. The van der Waals surface area contributed by atoms with Crippen molar-refractivity contribution < 1.29 is 8.42 Å². The van der Waals surface area contributed by atoms with Crippen molar-refractivity contribution in [1.82, 2.24) is 4.98 Å². The van der Waals surface area contributed by atoms with E-state index < -0.39 is 9.84 Å². The first-order chi connectivity index (χ1) is 6.42. The number of halogens is 1. The topological polar surface area (TPSA) is 47.0 Å². The van der Waals surface area contributed by atoms with Gasteiger partial charge in [0.05, 0.1) is 11.0 Å². The van der Waals surface area contributed by atoms with Crippen molar-refractivity contribution in [3.63, 3.8) is 0 Å². The molecule has 0 fully saturated rings. The van der Waals surface area contributed by atoms with Gasteiger partial charge in [-0.3, -0.25) is 4.98 Å². The molecule has 0 radical (unpaired) electrons. The van der Waals surface area contributed by atoms with Crippen LogP contribution in [0.25, 0.3) is 0 Å². The molecule has 0 aliphatic carbocycles. The predicted octanol–water partition coefficient (Wildman–Crippen LogP) is 2.17. The Bertz CT molecular complexity index is 415. The summed E-state index contributed by atoms with van der Waals surface area (Å²) in [6, 6.07) is 1.77. The van der Waals surface area contributed by atoms with Crippen molar-refractivity contribution in [2.24, 2.45) is 0 Å². The van der Waals surface area contributed by atoms with Crippen LogP contribution in [0.1, 0.15) is 19.4 Å². The molecule has 0 saturated carbocycles. The van der Waals surface area contributed by atoms with E-state index in [0.29, 0.717) is 5.56 Å². The first-order valence-electron chi connectivity index (χ1n) is 4.23. The fourth-order valence-electron chi connectivity index (χ4n) is 0.934.